The third-order valence-electron chi connectivity index (χ3n) is 6.54. The van der Waals surface area contributed by atoms with Crippen LogP contribution in [0.1, 0.15) is 60.8 Å². The van der Waals surface area contributed by atoms with E-state index in [4.69, 9.17) is 0 Å². The first kappa shape index (κ1) is 27.1. The summed E-state index contributed by atoms with van der Waals surface area (Å²) in [4.78, 5) is 13.2. The largest absolute Gasteiger partial charge is 0.346 e. The van der Waals surface area contributed by atoms with Crippen molar-refractivity contribution in [2.45, 2.75) is 50.6 Å². The van der Waals surface area contributed by atoms with Crippen molar-refractivity contribution < 1.29 is 13.2 Å². The monoisotopic (exact) mass is 526 g/mol. The Hall–Kier alpha value is -3.90. The van der Waals surface area contributed by atoms with E-state index in [2.05, 4.69) is 50.4 Å². The summed E-state index contributed by atoms with van der Waals surface area (Å²) in [5, 5.41) is 3.06. The molecule has 0 fully saturated rings. The van der Waals surface area contributed by atoms with Gasteiger partial charge in [-0.25, -0.2) is 8.42 Å². The minimum absolute atomic E-state index is 0.0727. The molecule has 0 unspecified atom stereocenters. The fourth-order valence-electron chi connectivity index (χ4n) is 4.19. The van der Waals surface area contributed by atoms with Crippen LogP contribution < -0.4 is 9.62 Å². The van der Waals surface area contributed by atoms with Crippen LogP contribution in [0.2, 0.25) is 0 Å². The van der Waals surface area contributed by atoms with Gasteiger partial charge in [0.2, 0.25) is 0 Å². The maximum atomic E-state index is 13.5. The van der Waals surface area contributed by atoms with Gasteiger partial charge in [0.1, 0.15) is 0 Å². The maximum Gasteiger partial charge on any atom is 0.264 e. The van der Waals surface area contributed by atoms with Crippen molar-refractivity contribution in [3.63, 3.8) is 0 Å². The van der Waals surface area contributed by atoms with Crippen LogP contribution in [-0.2, 0) is 22.0 Å². The summed E-state index contributed by atoms with van der Waals surface area (Å²) >= 11 is 0. The molecule has 0 saturated carbocycles. The molecular weight excluding hydrogens is 492 g/mol. The highest BCUT2D eigenvalue weighted by atomic mass is 32.2. The minimum Gasteiger partial charge on any atom is -0.346 e. The smallest absolute Gasteiger partial charge is 0.264 e. The van der Waals surface area contributed by atoms with Gasteiger partial charge in [0.05, 0.1) is 23.2 Å². The molecule has 1 amide bonds. The molecule has 38 heavy (non-hydrogen) atoms. The summed E-state index contributed by atoms with van der Waals surface area (Å²) in [5.74, 6) is -0.180. The summed E-state index contributed by atoms with van der Waals surface area (Å²) in [6.07, 6.45) is 0. The molecule has 0 aromatic heterocycles. The highest BCUT2D eigenvalue weighted by Gasteiger charge is 2.25. The molecule has 1 N–H and O–H groups in total. The van der Waals surface area contributed by atoms with Gasteiger partial charge in [0, 0.05) is 5.56 Å². The molecule has 4 rings (SSSR count). The van der Waals surface area contributed by atoms with Crippen LogP contribution in [0.5, 0.6) is 0 Å². The highest BCUT2D eigenvalue weighted by Crippen LogP contribution is 2.26. The molecular formula is C32H34N2O3S. The Labute approximate surface area is 226 Å². The van der Waals surface area contributed by atoms with E-state index in [1.165, 1.54) is 9.87 Å². The molecule has 0 spiro atoms. The number of carbonyl (C=O) groups excluding carboxylic acids is 1. The van der Waals surface area contributed by atoms with E-state index in [9.17, 15) is 13.2 Å². The summed E-state index contributed by atoms with van der Waals surface area (Å²) in [7, 11) is -3.78. The zero-order valence-corrected chi connectivity index (χ0v) is 23.1. The van der Waals surface area contributed by atoms with E-state index >= 15 is 0 Å². The maximum absolute atomic E-state index is 13.5. The predicted molar refractivity (Wildman–Crippen MR) is 154 cm³/mol. The van der Waals surface area contributed by atoms with E-state index < -0.39 is 10.0 Å². The number of nitrogens with zero attached hydrogens (tertiary/aromatic N) is 1. The quantitative estimate of drug-likeness (QED) is 0.272. The number of hydrogen-bond donors (Lipinski definition) is 1. The average molecular weight is 527 g/mol. The first-order chi connectivity index (χ1) is 18.1. The molecule has 196 valence electrons. The summed E-state index contributed by atoms with van der Waals surface area (Å²) in [6.45, 7) is 8.62. The molecule has 0 radical (unpaired) electrons. The van der Waals surface area contributed by atoms with E-state index in [0.29, 0.717) is 11.3 Å². The lowest BCUT2D eigenvalue weighted by atomic mass is 9.86. The molecule has 0 heterocycles. The van der Waals surface area contributed by atoms with E-state index in [-0.39, 0.29) is 28.8 Å². The molecule has 6 heteroatoms. The zero-order chi connectivity index (χ0) is 27.3. The standard InChI is InChI=1S/C32H34N2O3S/c1-24(26-19-21-28(22-20-26)32(2,3)4)33-31(35)27-17-15-25(16-18-27)23-34(29-11-7-5-8-12-29)38(36,37)30-13-9-6-10-14-30/h5-22,24H,23H2,1-4H3,(H,33,35)/t24-/m1/s1. The number of hydrogen-bond acceptors (Lipinski definition) is 3. The van der Waals surface area contributed by atoms with Crippen LogP contribution in [0, 0.1) is 0 Å². The first-order valence-corrected chi connectivity index (χ1v) is 14.1. The Bertz CT molecular complexity index is 1460. The summed E-state index contributed by atoms with van der Waals surface area (Å²) in [6, 6.07) is 32.7. The van der Waals surface area contributed by atoms with Crippen molar-refractivity contribution in [1.29, 1.82) is 0 Å². The van der Waals surface area contributed by atoms with Gasteiger partial charge in [0.25, 0.3) is 15.9 Å². The van der Waals surface area contributed by atoms with Gasteiger partial charge < -0.3 is 5.32 Å². The lowest BCUT2D eigenvalue weighted by molar-refractivity contribution is 0.0940. The Morgan fingerprint density at radius 3 is 1.89 bits per heavy atom. The van der Waals surface area contributed by atoms with Gasteiger partial charge in [-0.05, 0) is 65.4 Å². The number of amides is 1. The van der Waals surface area contributed by atoms with Gasteiger partial charge in [0.15, 0.2) is 0 Å². The van der Waals surface area contributed by atoms with Crippen molar-refractivity contribution >= 4 is 21.6 Å². The topological polar surface area (TPSA) is 66.5 Å². The fraction of sp³-hybridized carbons (Fsp3) is 0.219. The van der Waals surface area contributed by atoms with Crippen LogP contribution in [0.4, 0.5) is 5.69 Å². The Kier molecular flexibility index (Phi) is 8.02. The highest BCUT2D eigenvalue weighted by molar-refractivity contribution is 7.92. The molecule has 0 saturated heterocycles. The number of nitrogens with one attached hydrogen (secondary N) is 1. The van der Waals surface area contributed by atoms with Gasteiger partial charge >= 0.3 is 0 Å². The summed E-state index contributed by atoms with van der Waals surface area (Å²) < 4.78 is 28.4. The van der Waals surface area contributed by atoms with E-state index in [1.807, 2.05) is 25.1 Å². The molecule has 0 aliphatic heterocycles. The van der Waals surface area contributed by atoms with Gasteiger partial charge in [-0.3, -0.25) is 9.10 Å². The Balaban J connectivity index is 1.49. The predicted octanol–water partition coefficient (Wildman–Crippen LogP) is 6.87. The number of anilines is 1. The van der Waals surface area contributed by atoms with E-state index in [1.54, 1.807) is 66.7 Å². The average Bonchev–Trinajstić information content (AvgIpc) is 2.92. The van der Waals surface area contributed by atoms with Gasteiger partial charge in [-0.1, -0.05) is 93.6 Å². The molecule has 1 atom stereocenters. The van der Waals surface area contributed by atoms with Crippen molar-refractivity contribution in [3.8, 4) is 0 Å². The van der Waals surface area contributed by atoms with Crippen LogP contribution in [0.25, 0.3) is 0 Å². The minimum atomic E-state index is -3.78. The molecule has 0 aliphatic rings. The lowest BCUT2D eigenvalue weighted by Crippen LogP contribution is -2.30. The molecule has 4 aromatic rings. The van der Waals surface area contributed by atoms with Crippen molar-refractivity contribution in [3.05, 3.63) is 131 Å². The van der Waals surface area contributed by atoms with Crippen LogP contribution in [-0.4, -0.2) is 14.3 Å². The first-order valence-electron chi connectivity index (χ1n) is 12.7. The molecule has 4 aromatic carbocycles. The third kappa shape index (κ3) is 6.32. The van der Waals surface area contributed by atoms with Crippen molar-refractivity contribution in [1.82, 2.24) is 5.32 Å². The van der Waals surface area contributed by atoms with Crippen molar-refractivity contribution in [2.75, 3.05) is 4.31 Å². The second-order valence-electron chi connectivity index (χ2n) is 10.4. The summed E-state index contributed by atoms with van der Waals surface area (Å²) in [5.41, 5.74) is 4.22. The normalized spacial score (nSPS) is 12.5. The second kappa shape index (κ2) is 11.2. The fourth-order valence-corrected chi connectivity index (χ4v) is 5.67. The van der Waals surface area contributed by atoms with E-state index in [0.717, 1.165) is 11.1 Å². The van der Waals surface area contributed by atoms with Crippen LogP contribution in [0.15, 0.2) is 114 Å². The van der Waals surface area contributed by atoms with Crippen LogP contribution >= 0.6 is 0 Å². The lowest BCUT2D eigenvalue weighted by Gasteiger charge is -2.25. The number of rotatable bonds is 8. The molecule has 0 bridgehead atoms. The zero-order valence-electron chi connectivity index (χ0n) is 22.3. The van der Waals surface area contributed by atoms with Crippen molar-refractivity contribution in [2.24, 2.45) is 0 Å². The number of para-hydroxylation sites is 1. The second-order valence-corrected chi connectivity index (χ2v) is 12.3. The number of sulfonamides is 1. The Morgan fingerprint density at radius 1 is 0.789 bits per heavy atom. The Morgan fingerprint density at radius 2 is 1.34 bits per heavy atom. The number of carbonyl (C=O) groups is 1. The third-order valence-corrected chi connectivity index (χ3v) is 8.33. The molecule has 5 nitrogen and oxygen atoms in total. The van der Waals surface area contributed by atoms with Gasteiger partial charge in [-0.2, -0.15) is 0 Å². The van der Waals surface area contributed by atoms with Gasteiger partial charge in [-0.15, -0.1) is 0 Å². The SMILES string of the molecule is C[C@@H](NC(=O)c1ccc(CN(c2ccccc2)S(=O)(=O)c2ccccc2)cc1)c1ccc(C(C)(C)C)cc1. The van der Waals surface area contributed by atoms with Crippen LogP contribution in [0.3, 0.4) is 0 Å². The molecule has 0 aliphatic carbocycles. The number of benzene rings is 4.